The molecule has 0 N–H and O–H groups in total. The van der Waals surface area contributed by atoms with E-state index in [1.807, 2.05) is 0 Å². The third kappa shape index (κ3) is 17.1. The molecule has 17 heavy (non-hydrogen) atoms. The van der Waals surface area contributed by atoms with E-state index >= 15 is 0 Å². The number of esters is 2. The van der Waals surface area contributed by atoms with Crippen LogP contribution in [0.3, 0.4) is 0 Å². The number of ether oxygens (including phenoxy) is 2. The van der Waals surface area contributed by atoms with Crippen molar-refractivity contribution in [3.05, 3.63) is 25.3 Å². The van der Waals surface area contributed by atoms with Gasteiger partial charge in [0.1, 0.15) is 19.6 Å². The normalized spacial score (nSPS) is 8.35. The average molecular weight is 242 g/mol. The molecule has 0 aliphatic rings. The number of carbonyl (C=O) groups is 2. The Labute approximate surface area is 103 Å². The van der Waals surface area contributed by atoms with Gasteiger partial charge in [-0.3, -0.25) is 9.59 Å². The molecule has 0 saturated carbocycles. The lowest BCUT2D eigenvalue weighted by atomic mass is 10.4. The van der Waals surface area contributed by atoms with Gasteiger partial charge in [0.15, 0.2) is 0 Å². The van der Waals surface area contributed by atoms with Crippen molar-refractivity contribution in [3.8, 4) is 0 Å². The summed E-state index contributed by atoms with van der Waals surface area (Å²) in [5.41, 5.74) is 0. The second kappa shape index (κ2) is 14.4. The Bertz CT molecular complexity index is 210. The third-order valence-corrected chi connectivity index (χ3v) is 1.51. The standard InChI is InChI=1S/C9H12O4.C4H10/c1-3-5-12-8(10)7-9(11)13-6-4-2;1-3-4-2/h3-4H,1-2,5-7H2;3-4H2,1-2H3. The van der Waals surface area contributed by atoms with Crippen LogP contribution >= 0.6 is 0 Å². The Morgan fingerprint density at radius 3 is 1.53 bits per heavy atom. The zero-order valence-electron chi connectivity index (χ0n) is 10.7. The van der Waals surface area contributed by atoms with Gasteiger partial charge in [-0.15, -0.1) is 0 Å². The van der Waals surface area contributed by atoms with Crippen LogP contribution in [-0.4, -0.2) is 25.2 Å². The molecule has 0 aliphatic carbocycles. The van der Waals surface area contributed by atoms with E-state index in [1.54, 1.807) is 0 Å². The minimum absolute atomic E-state index is 0.105. The Morgan fingerprint density at radius 2 is 1.29 bits per heavy atom. The topological polar surface area (TPSA) is 52.6 Å². The van der Waals surface area contributed by atoms with Crippen LogP contribution in [0.2, 0.25) is 0 Å². The summed E-state index contributed by atoms with van der Waals surface area (Å²) in [6.07, 6.45) is 5.11. The van der Waals surface area contributed by atoms with Crippen molar-refractivity contribution in [1.29, 1.82) is 0 Å². The van der Waals surface area contributed by atoms with Crippen LogP contribution < -0.4 is 0 Å². The minimum Gasteiger partial charge on any atom is -0.461 e. The molecule has 0 aliphatic heterocycles. The molecule has 0 aromatic carbocycles. The average Bonchev–Trinajstić information content (AvgIpc) is 2.34. The molecular formula is C13H22O4. The van der Waals surface area contributed by atoms with Crippen LogP contribution in [0.1, 0.15) is 33.1 Å². The lowest BCUT2D eigenvalue weighted by Gasteiger charge is -2.01. The van der Waals surface area contributed by atoms with Gasteiger partial charge >= 0.3 is 11.9 Å². The summed E-state index contributed by atoms with van der Waals surface area (Å²) < 4.78 is 9.12. The molecule has 0 unspecified atom stereocenters. The van der Waals surface area contributed by atoms with E-state index in [0.717, 1.165) is 0 Å². The highest BCUT2D eigenvalue weighted by atomic mass is 16.6. The largest absolute Gasteiger partial charge is 0.461 e. The summed E-state index contributed by atoms with van der Waals surface area (Å²) in [7, 11) is 0. The van der Waals surface area contributed by atoms with Crippen LogP contribution in [0.4, 0.5) is 0 Å². The van der Waals surface area contributed by atoms with Gasteiger partial charge in [0.2, 0.25) is 0 Å². The first kappa shape index (κ1) is 17.8. The summed E-state index contributed by atoms with van der Waals surface area (Å²) in [5, 5.41) is 0. The molecule has 4 nitrogen and oxygen atoms in total. The Hall–Kier alpha value is -1.58. The van der Waals surface area contributed by atoms with E-state index in [0.29, 0.717) is 0 Å². The maximum Gasteiger partial charge on any atom is 0.317 e. The molecular weight excluding hydrogens is 220 g/mol. The third-order valence-electron chi connectivity index (χ3n) is 1.51. The summed E-state index contributed by atoms with van der Waals surface area (Å²) >= 11 is 0. The van der Waals surface area contributed by atoms with Gasteiger partial charge in [-0.2, -0.15) is 0 Å². The summed E-state index contributed by atoms with van der Waals surface area (Å²) in [6, 6.07) is 0. The first-order chi connectivity index (χ1) is 8.12. The molecule has 0 radical (unpaired) electrons. The van der Waals surface area contributed by atoms with E-state index in [9.17, 15) is 9.59 Å². The predicted molar refractivity (Wildman–Crippen MR) is 67.5 cm³/mol. The number of hydrogen-bond acceptors (Lipinski definition) is 4. The highest BCUT2D eigenvalue weighted by Gasteiger charge is 2.10. The van der Waals surface area contributed by atoms with Gasteiger partial charge < -0.3 is 9.47 Å². The summed E-state index contributed by atoms with van der Waals surface area (Å²) in [6.45, 7) is 11.3. The van der Waals surface area contributed by atoms with Crippen LogP contribution in [0, 0.1) is 0 Å². The van der Waals surface area contributed by atoms with E-state index in [4.69, 9.17) is 0 Å². The number of rotatable bonds is 7. The molecule has 0 fully saturated rings. The maximum absolute atomic E-state index is 10.8. The molecule has 98 valence electrons. The quantitative estimate of drug-likeness (QED) is 0.391. The Morgan fingerprint density at radius 1 is 0.941 bits per heavy atom. The molecule has 0 aromatic rings. The zero-order valence-corrected chi connectivity index (χ0v) is 10.7. The van der Waals surface area contributed by atoms with Gasteiger partial charge in [0.25, 0.3) is 0 Å². The number of unbranched alkanes of at least 4 members (excludes halogenated alkanes) is 1. The number of hydrogen-bond donors (Lipinski definition) is 0. The molecule has 0 bridgehead atoms. The van der Waals surface area contributed by atoms with Crippen LogP contribution in [0.15, 0.2) is 25.3 Å². The second-order valence-electron chi connectivity index (χ2n) is 3.12. The van der Waals surface area contributed by atoms with Crippen molar-refractivity contribution in [2.24, 2.45) is 0 Å². The monoisotopic (exact) mass is 242 g/mol. The number of carbonyl (C=O) groups excluding carboxylic acids is 2. The van der Waals surface area contributed by atoms with Gasteiger partial charge in [0, 0.05) is 0 Å². The van der Waals surface area contributed by atoms with Gasteiger partial charge in [-0.05, 0) is 0 Å². The van der Waals surface area contributed by atoms with Gasteiger partial charge in [-0.1, -0.05) is 52.0 Å². The highest BCUT2D eigenvalue weighted by Crippen LogP contribution is 1.91. The molecule has 0 heterocycles. The van der Waals surface area contributed by atoms with Crippen molar-refractivity contribution in [1.82, 2.24) is 0 Å². The van der Waals surface area contributed by atoms with E-state index < -0.39 is 11.9 Å². The Balaban J connectivity index is 0. The lowest BCUT2D eigenvalue weighted by Crippen LogP contribution is -2.13. The van der Waals surface area contributed by atoms with Gasteiger partial charge in [0.05, 0.1) is 0 Å². The van der Waals surface area contributed by atoms with Crippen LogP contribution in [0.5, 0.6) is 0 Å². The fraction of sp³-hybridized carbons (Fsp3) is 0.538. The van der Waals surface area contributed by atoms with Crippen molar-refractivity contribution in [2.45, 2.75) is 33.1 Å². The summed E-state index contributed by atoms with van der Waals surface area (Å²) in [5.74, 6) is -1.23. The SMILES string of the molecule is C=CCOC(=O)CC(=O)OCC=C.CCCC. The van der Waals surface area contributed by atoms with Crippen molar-refractivity contribution in [2.75, 3.05) is 13.2 Å². The van der Waals surface area contributed by atoms with Crippen LogP contribution in [0.25, 0.3) is 0 Å². The molecule has 0 rings (SSSR count). The van der Waals surface area contributed by atoms with E-state index in [-0.39, 0.29) is 19.6 Å². The van der Waals surface area contributed by atoms with Crippen molar-refractivity contribution < 1.29 is 19.1 Å². The zero-order chi connectivity index (χ0) is 13.5. The molecule has 4 heteroatoms. The van der Waals surface area contributed by atoms with Crippen LogP contribution in [-0.2, 0) is 19.1 Å². The fourth-order valence-corrected chi connectivity index (χ4v) is 0.524. The Kier molecular flexibility index (Phi) is 15.1. The van der Waals surface area contributed by atoms with Crippen molar-refractivity contribution >= 4 is 11.9 Å². The summed E-state index contributed by atoms with van der Waals surface area (Å²) in [4.78, 5) is 21.6. The second-order valence-corrected chi connectivity index (χ2v) is 3.12. The molecule has 0 saturated heterocycles. The predicted octanol–water partition coefficient (Wildman–Crippen LogP) is 2.64. The molecule has 0 spiro atoms. The molecule has 0 atom stereocenters. The van der Waals surface area contributed by atoms with E-state index in [2.05, 4.69) is 36.5 Å². The molecule has 0 aromatic heterocycles. The van der Waals surface area contributed by atoms with Crippen molar-refractivity contribution in [3.63, 3.8) is 0 Å². The smallest absolute Gasteiger partial charge is 0.317 e. The highest BCUT2D eigenvalue weighted by molar-refractivity contribution is 5.91. The lowest BCUT2D eigenvalue weighted by molar-refractivity contribution is -0.153. The first-order valence-electron chi connectivity index (χ1n) is 5.65. The molecule has 0 amide bonds. The minimum atomic E-state index is -0.617. The first-order valence-corrected chi connectivity index (χ1v) is 5.65. The maximum atomic E-state index is 10.8. The van der Waals surface area contributed by atoms with E-state index in [1.165, 1.54) is 25.0 Å². The van der Waals surface area contributed by atoms with Gasteiger partial charge in [-0.25, -0.2) is 0 Å². The fourth-order valence-electron chi connectivity index (χ4n) is 0.524.